The monoisotopic (exact) mass is 453 g/mol. The zero-order chi connectivity index (χ0) is 23.0. The smallest absolute Gasteiger partial charge is 0.232 e. The Hall–Kier alpha value is -1.76. The van der Waals surface area contributed by atoms with Gasteiger partial charge in [-0.05, 0) is 60.4 Å². The maximum Gasteiger partial charge on any atom is 0.232 e. The topological polar surface area (TPSA) is 78.0 Å². The highest BCUT2D eigenvalue weighted by Crippen LogP contribution is 2.40. The van der Waals surface area contributed by atoms with E-state index in [1.165, 1.54) is 9.80 Å². The molecule has 0 aliphatic carbocycles. The Morgan fingerprint density at radius 2 is 1.16 bits per heavy atom. The summed E-state index contributed by atoms with van der Waals surface area (Å²) in [6, 6.07) is 0. The van der Waals surface area contributed by atoms with Crippen LogP contribution in [0.15, 0.2) is 0 Å². The summed E-state index contributed by atoms with van der Waals surface area (Å²) in [4.78, 5) is 51.2. The first-order chi connectivity index (χ1) is 13.7. The molecule has 2 unspecified atom stereocenters. The van der Waals surface area contributed by atoms with Crippen molar-refractivity contribution in [3.8, 4) is 0 Å². The third kappa shape index (κ3) is 6.18. The molecule has 0 spiro atoms. The Morgan fingerprint density at radius 3 is 1.44 bits per heavy atom. The Bertz CT molecular complexity index is 698. The number of nitrogens with zero attached hydrogens (tertiary/aromatic N) is 3. The van der Waals surface area contributed by atoms with Gasteiger partial charge in [-0.1, -0.05) is 28.7 Å². The molecule has 0 N–H and O–H groups in total. The fourth-order valence-corrected chi connectivity index (χ4v) is 5.19. The summed E-state index contributed by atoms with van der Waals surface area (Å²) < 4.78 is 0. The second-order valence-corrected chi connectivity index (χ2v) is 10.5. The molecular weight excluding hydrogens is 406 g/mol. The minimum atomic E-state index is -0.130. The van der Waals surface area contributed by atoms with Crippen molar-refractivity contribution in [1.29, 1.82) is 0 Å². The lowest BCUT2D eigenvalue weighted by Crippen LogP contribution is -2.59. The Kier molecular flexibility index (Phi) is 10.3. The van der Waals surface area contributed by atoms with Crippen LogP contribution in [-0.4, -0.2) is 69.5 Å². The van der Waals surface area contributed by atoms with Crippen LogP contribution in [0.1, 0.15) is 89.0 Å². The largest absolute Gasteiger partial charge is 0.296 e. The van der Waals surface area contributed by atoms with E-state index in [0.717, 1.165) is 12.8 Å². The Morgan fingerprint density at radius 1 is 0.781 bits per heavy atom. The van der Waals surface area contributed by atoms with Gasteiger partial charge in [0.15, 0.2) is 0 Å². The minimum absolute atomic E-state index is 0. The standard InChI is InChI=1S/C16H28N2O2.C7H11NO2.2CH4/c1-11-7-13(19)18(14(11)20)10-12-8-15(2,3)17(6)16(4,5)9-12;1-3-8-6(9)4-5(2)7(8)10;;/h11-12H,7-10H2,1-6H3;5H,3-4H2,1-2H3;2*1H4. The Labute approximate surface area is 195 Å². The van der Waals surface area contributed by atoms with Crippen LogP contribution < -0.4 is 0 Å². The van der Waals surface area contributed by atoms with E-state index in [4.69, 9.17) is 0 Å². The first-order valence-electron chi connectivity index (χ1n) is 11.1. The van der Waals surface area contributed by atoms with E-state index >= 15 is 0 Å². The van der Waals surface area contributed by atoms with E-state index < -0.39 is 0 Å². The molecule has 0 saturated carbocycles. The normalized spacial score (nSPS) is 27.6. The molecule has 7 nitrogen and oxygen atoms in total. The van der Waals surface area contributed by atoms with E-state index in [1.54, 1.807) is 6.92 Å². The lowest BCUT2D eigenvalue weighted by atomic mass is 9.74. The fraction of sp³-hybridized carbons (Fsp3) is 0.840. The summed E-state index contributed by atoms with van der Waals surface area (Å²) in [5, 5.41) is 0. The van der Waals surface area contributed by atoms with Gasteiger partial charge in [0, 0.05) is 48.8 Å². The van der Waals surface area contributed by atoms with Crippen LogP contribution in [0.2, 0.25) is 0 Å². The number of carbonyl (C=O) groups is 4. The minimum Gasteiger partial charge on any atom is -0.296 e. The van der Waals surface area contributed by atoms with Gasteiger partial charge in [-0.15, -0.1) is 0 Å². The average Bonchev–Trinajstić information content (AvgIpc) is 3.01. The van der Waals surface area contributed by atoms with Gasteiger partial charge in [0.05, 0.1) is 0 Å². The van der Waals surface area contributed by atoms with Crippen molar-refractivity contribution in [3.63, 3.8) is 0 Å². The van der Waals surface area contributed by atoms with Crippen molar-refractivity contribution in [2.24, 2.45) is 17.8 Å². The van der Waals surface area contributed by atoms with Crippen LogP contribution in [0.3, 0.4) is 0 Å². The highest BCUT2D eigenvalue weighted by atomic mass is 16.2. The molecule has 0 radical (unpaired) electrons. The number of carbonyl (C=O) groups excluding carboxylic acids is 4. The molecule has 3 rings (SSSR count). The molecule has 7 heteroatoms. The van der Waals surface area contributed by atoms with Gasteiger partial charge in [-0.3, -0.25) is 33.9 Å². The molecule has 3 saturated heterocycles. The molecule has 3 fully saturated rings. The second-order valence-electron chi connectivity index (χ2n) is 10.5. The highest BCUT2D eigenvalue weighted by Gasteiger charge is 2.45. The van der Waals surface area contributed by atoms with Crippen molar-refractivity contribution in [1.82, 2.24) is 14.7 Å². The van der Waals surface area contributed by atoms with E-state index in [-0.39, 0.29) is 61.4 Å². The van der Waals surface area contributed by atoms with Crippen LogP contribution in [-0.2, 0) is 19.2 Å². The van der Waals surface area contributed by atoms with Crippen LogP contribution >= 0.6 is 0 Å². The lowest BCUT2D eigenvalue weighted by Gasteiger charge is -2.54. The number of rotatable bonds is 3. The van der Waals surface area contributed by atoms with Gasteiger partial charge in [0.1, 0.15) is 0 Å². The van der Waals surface area contributed by atoms with Crippen molar-refractivity contribution in [3.05, 3.63) is 0 Å². The Balaban J connectivity index is 0.000000683. The SMILES string of the molecule is C.C.CC1CC(=O)N(CC2CC(C)(C)N(C)C(C)(C)C2)C1=O.CCN1C(=O)CC(C)C1=O. The van der Waals surface area contributed by atoms with Gasteiger partial charge in [-0.25, -0.2) is 0 Å². The maximum atomic E-state index is 12.1. The summed E-state index contributed by atoms with van der Waals surface area (Å²) in [5.74, 6) is 0.158. The number of piperidine rings is 1. The predicted molar refractivity (Wildman–Crippen MR) is 129 cm³/mol. The molecule has 0 aromatic rings. The second kappa shape index (κ2) is 10.9. The summed E-state index contributed by atoms with van der Waals surface area (Å²) >= 11 is 0. The molecule has 0 aromatic heterocycles. The van der Waals surface area contributed by atoms with Crippen molar-refractivity contribution in [2.75, 3.05) is 20.1 Å². The van der Waals surface area contributed by atoms with E-state index in [9.17, 15) is 19.2 Å². The molecule has 2 atom stereocenters. The number of imide groups is 2. The molecule has 0 aromatic carbocycles. The van der Waals surface area contributed by atoms with Crippen LogP contribution in [0, 0.1) is 17.8 Å². The number of likely N-dealkylation sites (tertiary alicyclic amines) is 3. The van der Waals surface area contributed by atoms with E-state index in [0.29, 0.717) is 31.8 Å². The fourth-order valence-electron chi connectivity index (χ4n) is 5.19. The predicted octanol–water partition coefficient (Wildman–Crippen LogP) is 3.95. The molecule has 4 amide bonds. The molecule has 3 aliphatic heterocycles. The summed E-state index contributed by atoms with van der Waals surface area (Å²) in [6.07, 6.45) is 2.83. The molecular formula is C25H47N3O4. The number of hydrogen-bond acceptors (Lipinski definition) is 5. The molecule has 32 heavy (non-hydrogen) atoms. The zero-order valence-corrected chi connectivity index (χ0v) is 19.9. The van der Waals surface area contributed by atoms with Gasteiger partial charge in [0.25, 0.3) is 0 Å². The first kappa shape index (κ1) is 30.2. The maximum absolute atomic E-state index is 12.1. The van der Waals surface area contributed by atoms with E-state index in [2.05, 4.69) is 39.6 Å². The van der Waals surface area contributed by atoms with Crippen LogP contribution in [0.5, 0.6) is 0 Å². The molecule has 0 bridgehead atoms. The van der Waals surface area contributed by atoms with E-state index in [1.807, 2.05) is 13.8 Å². The first-order valence-corrected chi connectivity index (χ1v) is 11.1. The lowest BCUT2D eigenvalue weighted by molar-refractivity contribution is -0.142. The van der Waals surface area contributed by atoms with Crippen LogP contribution in [0.4, 0.5) is 0 Å². The molecule has 3 heterocycles. The third-order valence-electron chi connectivity index (χ3n) is 7.09. The number of amides is 4. The van der Waals surface area contributed by atoms with Crippen molar-refractivity contribution in [2.45, 2.75) is 100 Å². The van der Waals surface area contributed by atoms with Gasteiger partial charge in [0.2, 0.25) is 23.6 Å². The third-order valence-corrected chi connectivity index (χ3v) is 7.09. The summed E-state index contributed by atoms with van der Waals surface area (Å²) in [6.45, 7) is 15.6. The van der Waals surface area contributed by atoms with Crippen LogP contribution in [0.25, 0.3) is 0 Å². The van der Waals surface area contributed by atoms with Crippen molar-refractivity contribution >= 4 is 23.6 Å². The average molecular weight is 454 g/mol. The van der Waals surface area contributed by atoms with Gasteiger partial charge < -0.3 is 0 Å². The molecule has 3 aliphatic rings. The van der Waals surface area contributed by atoms with Crippen molar-refractivity contribution < 1.29 is 19.2 Å². The quantitative estimate of drug-likeness (QED) is 0.605. The summed E-state index contributed by atoms with van der Waals surface area (Å²) in [7, 11) is 2.17. The number of hydrogen-bond donors (Lipinski definition) is 0. The highest BCUT2D eigenvalue weighted by molar-refractivity contribution is 6.03. The van der Waals surface area contributed by atoms with Gasteiger partial charge in [-0.2, -0.15) is 0 Å². The van der Waals surface area contributed by atoms with Gasteiger partial charge >= 0.3 is 0 Å². The molecule has 186 valence electrons. The zero-order valence-electron chi connectivity index (χ0n) is 19.9. The summed E-state index contributed by atoms with van der Waals surface area (Å²) in [5.41, 5.74) is 0.202.